The van der Waals surface area contributed by atoms with Crippen molar-refractivity contribution in [2.45, 2.75) is 45.6 Å². The zero-order chi connectivity index (χ0) is 21.6. The van der Waals surface area contributed by atoms with Gasteiger partial charge in [-0.3, -0.25) is 4.79 Å². The number of carbonyl (C=O) groups excluding carboxylic acids is 1. The van der Waals surface area contributed by atoms with Gasteiger partial charge in [0.25, 0.3) is 5.91 Å². The highest BCUT2D eigenvalue weighted by molar-refractivity contribution is 7.03. The lowest BCUT2D eigenvalue weighted by Gasteiger charge is -2.07. The summed E-state index contributed by atoms with van der Waals surface area (Å²) in [4.78, 5) is 17.4. The summed E-state index contributed by atoms with van der Waals surface area (Å²) < 4.78 is 5.88. The topological polar surface area (TPSA) is 72.7 Å². The third-order valence-electron chi connectivity index (χ3n) is 5.12. The number of unbranched alkanes of at least 4 members (excludes halogenated alkanes) is 4. The number of hydrogen-bond acceptors (Lipinski definition) is 5. The molecule has 0 unspecified atom stereocenters. The van der Waals surface area contributed by atoms with E-state index in [1.807, 2.05) is 41.1 Å². The third-order valence-corrected chi connectivity index (χ3v) is 6.00. The van der Waals surface area contributed by atoms with Crippen molar-refractivity contribution in [3.63, 3.8) is 0 Å². The van der Waals surface area contributed by atoms with Gasteiger partial charge in [-0.25, -0.2) is 14.0 Å². The number of aryl methyl sites for hydroxylation is 1. The van der Waals surface area contributed by atoms with E-state index in [4.69, 9.17) is 16.6 Å². The molecule has 0 atom stereocenters. The summed E-state index contributed by atoms with van der Waals surface area (Å²) in [6, 6.07) is 11.7. The summed E-state index contributed by atoms with van der Waals surface area (Å²) in [5.74, 6) is 0.222. The summed E-state index contributed by atoms with van der Waals surface area (Å²) in [5, 5.41) is 10.5. The molecule has 0 saturated carbocycles. The molecule has 0 bridgehead atoms. The minimum Gasteiger partial charge on any atom is -0.304 e. The fourth-order valence-corrected chi connectivity index (χ4v) is 4.26. The second-order valence-corrected chi connectivity index (χ2v) is 8.47. The largest absolute Gasteiger partial charge is 0.304 e. The maximum Gasteiger partial charge on any atom is 0.259 e. The third kappa shape index (κ3) is 4.94. The summed E-state index contributed by atoms with van der Waals surface area (Å²) in [6.45, 7) is 2.94. The van der Waals surface area contributed by atoms with Crippen LogP contribution in [0.3, 0.4) is 0 Å². The molecule has 0 spiro atoms. The molecule has 0 aliphatic carbocycles. The molecule has 6 nitrogen and oxygen atoms in total. The van der Waals surface area contributed by atoms with Crippen LogP contribution in [0.25, 0.3) is 22.3 Å². The van der Waals surface area contributed by atoms with Gasteiger partial charge in [-0.1, -0.05) is 74.5 Å². The van der Waals surface area contributed by atoms with Gasteiger partial charge in [0.15, 0.2) is 11.5 Å². The number of halogens is 1. The van der Waals surface area contributed by atoms with E-state index in [9.17, 15) is 4.79 Å². The Bertz CT molecular complexity index is 1160. The van der Waals surface area contributed by atoms with Crippen molar-refractivity contribution in [1.82, 2.24) is 19.1 Å². The summed E-state index contributed by atoms with van der Waals surface area (Å²) in [7, 11) is 0. The monoisotopic (exact) mass is 453 g/mol. The summed E-state index contributed by atoms with van der Waals surface area (Å²) in [6.07, 6.45) is 7.34. The lowest BCUT2D eigenvalue weighted by Crippen LogP contribution is -2.12. The Labute approximate surface area is 190 Å². The number of amides is 1. The molecule has 31 heavy (non-hydrogen) atoms. The first-order valence-corrected chi connectivity index (χ1v) is 11.7. The van der Waals surface area contributed by atoms with E-state index in [0.29, 0.717) is 22.1 Å². The van der Waals surface area contributed by atoms with Gasteiger partial charge in [0.2, 0.25) is 0 Å². The van der Waals surface area contributed by atoms with Crippen molar-refractivity contribution >= 4 is 45.9 Å². The number of nitrogens with zero attached hydrogens (tertiary/aromatic N) is 4. The number of aromatic nitrogens is 4. The Kier molecular flexibility index (Phi) is 6.94. The maximum atomic E-state index is 12.6. The Morgan fingerprint density at radius 2 is 1.97 bits per heavy atom. The molecule has 8 heteroatoms. The normalized spacial score (nSPS) is 11.2. The molecule has 0 aliphatic heterocycles. The number of benzene rings is 1. The van der Waals surface area contributed by atoms with Gasteiger partial charge >= 0.3 is 0 Å². The molecule has 0 saturated heterocycles. The SMILES string of the molecule is CCCCCCCn1nc(NC(=O)c2cnsc2)c2cc(Cl)c(-c3ccccc3)nc21. The van der Waals surface area contributed by atoms with Gasteiger partial charge in [-0.15, -0.1) is 0 Å². The van der Waals surface area contributed by atoms with Crippen LogP contribution < -0.4 is 5.32 Å². The van der Waals surface area contributed by atoms with Crippen LogP contribution in [-0.2, 0) is 6.54 Å². The molecular weight excluding hydrogens is 430 g/mol. The van der Waals surface area contributed by atoms with Gasteiger partial charge in [0, 0.05) is 17.5 Å². The standard InChI is InChI=1S/C23H24ClN5OS/c1-2-3-4-5-9-12-29-22-18(21(28-29)27-23(30)17-14-25-31-15-17)13-19(24)20(26-22)16-10-7-6-8-11-16/h6-8,10-11,13-15H,2-5,9,12H2,1H3,(H,27,28,30). The fourth-order valence-electron chi connectivity index (χ4n) is 3.48. The highest BCUT2D eigenvalue weighted by Gasteiger charge is 2.19. The van der Waals surface area contributed by atoms with E-state index in [0.717, 1.165) is 36.0 Å². The van der Waals surface area contributed by atoms with Crippen molar-refractivity contribution in [3.05, 3.63) is 58.6 Å². The van der Waals surface area contributed by atoms with Crippen molar-refractivity contribution in [1.29, 1.82) is 0 Å². The first-order chi connectivity index (χ1) is 15.2. The number of nitrogens with one attached hydrogen (secondary N) is 1. The Morgan fingerprint density at radius 1 is 1.16 bits per heavy atom. The lowest BCUT2D eigenvalue weighted by atomic mass is 10.1. The average molecular weight is 454 g/mol. The lowest BCUT2D eigenvalue weighted by molar-refractivity contribution is 0.102. The van der Waals surface area contributed by atoms with Gasteiger partial charge in [0.05, 0.1) is 27.9 Å². The zero-order valence-electron chi connectivity index (χ0n) is 17.3. The molecule has 0 radical (unpaired) electrons. The number of rotatable bonds is 9. The quantitative estimate of drug-likeness (QED) is 0.296. The van der Waals surface area contributed by atoms with Crippen molar-refractivity contribution in [2.24, 2.45) is 0 Å². The molecule has 1 N–H and O–H groups in total. The van der Waals surface area contributed by atoms with Crippen LogP contribution in [0.1, 0.15) is 49.4 Å². The minimum absolute atomic E-state index is 0.244. The fraction of sp³-hybridized carbons (Fsp3) is 0.304. The van der Waals surface area contributed by atoms with E-state index in [1.165, 1.54) is 30.8 Å². The van der Waals surface area contributed by atoms with Crippen LogP contribution in [-0.4, -0.2) is 25.0 Å². The minimum atomic E-state index is -0.244. The highest BCUT2D eigenvalue weighted by atomic mass is 35.5. The second-order valence-electron chi connectivity index (χ2n) is 7.41. The Hall–Kier alpha value is -2.77. The highest BCUT2D eigenvalue weighted by Crippen LogP contribution is 2.32. The van der Waals surface area contributed by atoms with Gasteiger partial charge in [-0.05, 0) is 24.0 Å². The van der Waals surface area contributed by atoms with Gasteiger partial charge in [-0.2, -0.15) is 5.10 Å². The van der Waals surface area contributed by atoms with Crippen molar-refractivity contribution in [2.75, 3.05) is 5.32 Å². The molecule has 0 fully saturated rings. The predicted molar refractivity (Wildman–Crippen MR) is 127 cm³/mol. The molecule has 3 aromatic heterocycles. The van der Waals surface area contributed by atoms with Crippen LogP contribution in [0.4, 0.5) is 5.82 Å². The summed E-state index contributed by atoms with van der Waals surface area (Å²) >= 11 is 7.83. The average Bonchev–Trinajstić information content (AvgIpc) is 3.43. The van der Waals surface area contributed by atoms with Crippen LogP contribution >= 0.6 is 23.1 Å². The van der Waals surface area contributed by atoms with Crippen LogP contribution in [0.15, 0.2) is 48.0 Å². The second kappa shape index (κ2) is 10.0. The molecule has 160 valence electrons. The number of carbonyl (C=O) groups is 1. The first kappa shape index (κ1) is 21.5. The molecule has 1 amide bonds. The number of fused-ring (bicyclic) bond motifs is 1. The zero-order valence-corrected chi connectivity index (χ0v) is 18.9. The molecule has 3 heterocycles. The Balaban J connectivity index is 1.69. The molecule has 1 aromatic carbocycles. The van der Waals surface area contributed by atoms with Crippen LogP contribution in [0.5, 0.6) is 0 Å². The summed E-state index contributed by atoms with van der Waals surface area (Å²) in [5.41, 5.74) is 2.88. The van der Waals surface area contributed by atoms with Crippen molar-refractivity contribution in [3.8, 4) is 11.3 Å². The predicted octanol–water partition coefficient (Wildman–Crippen LogP) is 6.43. The number of hydrogen-bond donors (Lipinski definition) is 1. The van der Waals surface area contributed by atoms with Gasteiger partial charge in [0.1, 0.15) is 0 Å². The first-order valence-electron chi connectivity index (χ1n) is 10.5. The molecule has 4 aromatic rings. The molecular formula is C23H24ClN5OS. The van der Waals surface area contributed by atoms with Crippen LogP contribution in [0, 0.1) is 0 Å². The number of anilines is 1. The van der Waals surface area contributed by atoms with E-state index < -0.39 is 0 Å². The number of pyridine rings is 1. The van der Waals surface area contributed by atoms with E-state index >= 15 is 0 Å². The van der Waals surface area contributed by atoms with Crippen molar-refractivity contribution < 1.29 is 4.79 Å². The molecule has 0 aliphatic rings. The van der Waals surface area contributed by atoms with E-state index in [-0.39, 0.29) is 5.91 Å². The molecule has 4 rings (SSSR count). The Morgan fingerprint density at radius 3 is 2.71 bits per heavy atom. The van der Waals surface area contributed by atoms with E-state index in [2.05, 4.69) is 21.7 Å². The maximum absolute atomic E-state index is 12.6. The van der Waals surface area contributed by atoms with Gasteiger partial charge < -0.3 is 5.32 Å². The van der Waals surface area contributed by atoms with Crippen LogP contribution in [0.2, 0.25) is 5.02 Å². The van der Waals surface area contributed by atoms with E-state index in [1.54, 1.807) is 11.6 Å². The smallest absolute Gasteiger partial charge is 0.259 e.